The minimum absolute atomic E-state index is 0.00630. The Morgan fingerprint density at radius 3 is 2.38 bits per heavy atom. The Balaban J connectivity index is 1.88. The summed E-state index contributed by atoms with van der Waals surface area (Å²) >= 11 is 0. The van der Waals surface area contributed by atoms with Crippen LogP contribution in [-0.4, -0.2) is 12.7 Å². The first-order chi connectivity index (χ1) is 10.2. The van der Waals surface area contributed by atoms with Crippen molar-refractivity contribution in [2.75, 3.05) is 7.11 Å². The highest BCUT2D eigenvalue weighted by molar-refractivity contribution is 5.36. The molecule has 1 aromatic carbocycles. The van der Waals surface area contributed by atoms with Gasteiger partial charge in [0.05, 0.1) is 11.6 Å². The SMILES string of the molecule is COC1(C(N)c2ccccc2C2CCC2)CCC(C)CC1. The average molecular weight is 287 g/mol. The summed E-state index contributed by atoms with van der Waals surface area (Å²) in [4.78, 5) is 0. The van der Waals surface area contributed by atoms with Gasteiger partial charge in [-0.25, -0.2) is 0 Å². The van der Waals surface area contributed by atoms with Crippen LogP contribution in [0.1, 0.15) is 75.0 Å². The van der Waals surface area contributed by atoms with Crippen molar-refractivity contribution in [3.05, 3.63) is 35.4 Å². The number of methoxy groups -OCH3 is 1. The molecule has 2 aliphatic rings. The van der Waals surface area contributed by atoms with Crippen LogP contribution in [0, 0.1) is 5.92 Å². The molecule has 2 heteroatoms. The molecule has 1 atom stereocenters. The molecule has 21 heavy (non-hydrogen) atoms. The predicted molar refractivity (Wildman–Crippen MR) is 87.3 cm³/mol. The van der Waals surface area contributed by atoms with Crippen molar-refractivity contribution < 1.29 is 4.74 Å². The molecule has 0 aliphatic heterocycles. The first-order valence-electron chi connectivity index (χ1n) is 8.56. The molecule has 0 bridgehead atoms. The van der Waals surface area contributed by atoms with Gasteiger partial charge in [-0.05, 0) is 61.5 Å². The highest BCUT2D eigenvalue weighted by atomic mass is 16.5. The third-order valence-corrected chi connectivity index (χ3v) is 5.97. The average Bonchev–Trinajstić information content (AvgIpc) is 2.47. The summed E-state index contributed by atoms with van der Waals surface area (Å²) in [6.07, 6.45) is 8.64. The van der Waals surface area contributed by atoms with E-state index in [1.807, 2.05) is 7.11 Å². The molecule has 0 saturated heterocycles. The second-order valence-corrected chi connectivity index (χ2v) is 7.19. The number of rotatable bonds is 4. The molecule has 116 valence electrons. The van der Waals surface area contributed by atoms with Crippen molar-refractivity contribution >= 4 is 0 Å². The minimum Gasteiger partial charge on any atom is -0.376 e. The van der Waals surface area contributed by atoms with Crippen LogP contribution in [0.5, 0.6) is 0 Å². The van der Waals surface area contributed by atoms with Gasteiger partial charge in [0.1, 0.15) is 0 Å². The van der Waals surface area contributed by atoms with Gasteiger partial charge in [0.2, 0.25) is 0 Å². The number of hydrogen-bond donors (Lipinski definition) is 1. The van der Waals surface area contributed by atoms with Crippen LogP contribution in [0.3, 0.4) is 0 Å². The van der Waals surface area contributed by atoms with Crippen LogP contribution in [0.15, 0.2) is 24.3 Å². The molecule has 2 nitrogen and oxygen atoms in total. The van der Waals surface area contributed by atoms with Crippen LogP contribution < -0.4 is 5.73 Å². The fourth-order valence-corrected chi connectivity index (χ4v) is 4.06. The van der Waals surface area contributed by atoms with Crippen LogP contribution >= 0.6 is 0 Å². The van der Waals surface area contributed by atoms with Gasteiger partial charge >= 0.3 is 0 Å². The monoisotopic (exact) mass is 287 g/mol. The van der Waals surface area contributed by atoms with Gasteiger partial charge in [0, 0.05) is 7.11 Å². The van der Waals surface area contributed by atoms with E-state index in [2.05, 4.69) is 31.2 Å². The maximum absolute atomic E-state index is 6.75. The molecule has 1 aromatic rings. The van der Waals surface area contributed by atoms with E-state index in [1.165, 1.54) is 43.2 Å². The lowest BCUT2D eigenvalue weighted by Gasteiger charge is -2.44. The Bertz CT molecular complexity index is 472. The number of benzene rings is 1. The van der Waals surface area contributed by atoms with Crippen molar-refractivity contribution in [1.82, 2.24) is 0 Å². The van der Waals surface area contributed by atoms with Gasteiger partial charge in [0.25, 0.3) is 0 Å². The fourth-order valence-electron chi connectivity index (χ4n) is 4.06. The second-order valence-electron chi connectivity index (χ2n) is 7.19. The molecule has 0 aromatic heterocycles. The molecule has 0 amide bonds. The van der Waals surface area contributed by atoms with Gasteiger partial charge in [-0.15, -0.1) is 0 Å². The largest absolute Gasteiger partial charge is 0.376 e. The third-order valence-electron chi connectivity index (χ3n) is 5.97. The molecule has 2 saturated carbocycles. The summed E-state index contributed by atoms with van der Waals surface area (Å²) in [5.74, 6) is 1.53. The lowest BCUT2D eigenvalue weighted by Crippen LogP contribution is -2.46. The Morgan fingerprint density at radius 1 is 1.14 bits per heavy atom. The Hall–Kier alpha value is -0.860. The van der Waals surface area contributed by atoms with Gasteiger partial charge in [-0.3, -0.25) is 0 Å². The third kappa shape index (κ3) is 2.76. The van der Waals surface area contributed by atoms with Crippen LogP contribution in [0.4, 0.5) is 0 Å². The topological polar surface area (TPSA) is 35.2 Å². The Labute approximate surface area is 129 Å². The zero-order chi connectivity index (χ0) is 14.9. The highest BCUT2D eigenvalue weighted by Gasteiger charge is 2.41. The molecular weight excluding hydrogens is 258 g/mol. The van der Waals surface area contributed by atoms with Gasteiger partial charge in [-0.2, -0.15) is 0 Å². The second kappa shape index (κ2) is 6.10. The Morgan fingerprint density at radius 2 is 1.81 bits per heavy atom. The van der Waals surface area contributed by atoms with Crippen LogP contribution in [-0.2, 0) is 4.74 Å². The summed E-state index contributed by atoms with van der Waals surface area (Å²) in [7, 11) is 1.85. The van der Waals surface area contributed by atoms with Crippen molar-refractivity contribution in [3.63, 3.8) is 0 Å². The van der Waals surface area contributed by atoms with Crippen molar-refractivity contribution in [1.29, 1.82) is 0 Å². The molecule has 0 heterocycles. The van der Waals surface area contributed by atoms with Crippen molar-refractivity contribution in [2.45, 2.75) is 69.4 Å². The van der Waals surface area contributed by atoms with E-state index >= 15 is 0 Å². The van der Waals surface area contributed by atoms with Gasteiger partial charge < -0.3 is 10.5 Å². The zero-order valence-electron chi connectivity index (χ0n) is 13.5. The normalized spacial score (nSPS) is 31.7. The van der Waals surface area contributed by atoms with E-state index < -0.39 is 0 Å². The first-order valence-corrected chi connectivity index (χ1v) is 8.56. The zero-order valence-corrected chi connectivity index (χ0v) is 13.5. The van der Waals surface area contributed by atoms with Gasteiger partial charge in [-0.1, -0.05) is 37.6 Å². The molecule has 2 N–H and O–H groups in total. The standard InChI is InChI=1S/C19H29NO/c1-14-10-12-19(21-2,13-11-14)18(20)17-9-4-3-8-16(17)15-6-5-7-15/h3-4,8-9,14-15,18H,5-7,10-13,20H2,1-2H3. The van der Waals surface area contributed by atoms with Crippen molar-refractivity contribution in [2.24, 2.45) is 11.7 Å². The van der Waals surface area contributed by atoms with E-state index in [-0.39, 0.29) is 11.6 Å². The molecule has 1 unspecified atom stereocenters. The van der Waals surface area contributed by atoms with E-state index in [0.29, 0.717) is 0 Å². The number of nitrogens with two attached hydrogens (primary N) is 1. The number of ether oxygens (including phenoxy) is 1. The smallest absolute Gasteiger partial charge is 0.0870 e. The molecule has 0 radical (unpaired) electrons. The maximum atomic E-state index is 6.75. The lowest BCUT2D eigenvalue weighted by atomic mass is 9.70. The van der Waals surface area contributed by atoms with Crippen LogP contribution in [0.25, 0.3) is 0 Å². The van der Waals surface area contributed by atoms with E-state index in [9.17, 15) is 0 Å². The molecule has 0 spiro atoms. The fraction of sp³-hybridized carbons (Fsp3) is 0.684. The summed E-state index contributed by atoms with van der Waals surface area (Å²) < 4.78 is 6.00. The molecule has 2 fully saturated rings. The first kappa shape index (κ1) is 15.1. The van der Waals surface area contributed by atoms with E-state index in [1.54, 1.807) is 0 Å². The lowest BCUT2D eigenvalue weighted by molar-refractivity contribution is -0.0674. The summed E-state index contributed by atoms with van der Waals surface area (Å²) in [6.45, 7) is 2.34. The molecular formula is C19H29NO. The summed E-state index contributed by atoms with van der Waals surface area (Å²) in [6, 6.07) is 8.82. The number of hydrogen-bond acceptors (Lipinski definition) is 2. The quantitative estimate of drug-likeness (QED) is 0.881. The van der Waals surface area contributed by atoms with Crippen molar-refractivity contribution in [3.8, 4) is 0 Å². The highest BCUT2D eigenvalue weighted by Crippen LogP contribution is 2.45. The van der Waals surface area contributed by atoms with E-state index in [0.717, 1.165) is 24.7 Å². The summed E-state index contributed by atoms with van der Waals surface area (Å²) in [5, 5.41) is 0. The predicted octanol–water partition coefficient (Wildman–Crippen LogP) is 4.55. The maximum Gasteiger partial charge on any atom is 0.0870 e. The minimum atomic E-state index is -0.160. The molecule has 3 rings (SSSR count). The molecule has 2 aliphatic carbocycles. The van der Waals surface area contributed by atoms with Crippen LogP contribution in [0.2, 0.25) is 0 Å². The summed E-state index contributed by atoms with van der Waals surface area (Å²) in [5.41, 5.74) is 9.40. The Kier molecular flexibility index (Phi) is 4.37. The van der Waals surface area contributed by atoms with Gasteiger partial charge in [0.15, 0.2) is 0 Å². The van der Waals surface area contributed by atoms with E-state index in [4.69, 9.17) is 10.5 Å².